The Kier molecular flexibility index (Phi) is 3.93. The molecule has 0 bridgehead atoms. The van der Waals surface area contributed by atoms with Gasteiger partial charge in [-0.3, -0.25) is 0 Å². The number of benzene rings is 6. The van der Waals surface area contributed by atoms with Gasteiger partial charge in [0, 0.05) is 16.6 Å². The third-order valence-electron chi connectivity index (χ3n) is 5.90. The highest BCUT2D eigenvalue weighted by Gasteiger charge is 2.15. The van der Waals surface area contributed by atoms with Gasteiger partial charge in [0.1, 0.15) is 5.69 Å². The molecule has 3 heteroatoms. The highest BCUT2D eigenvalue weighted by atomic mass is 16.5. The van der Waals surface area contributed by atoms with Crippen molar-refractivity contribution in [2.24, 2.45) is 5.11 Å². The van der Waals surface area contributed by atoms with E-state index >= 15 is 0 Å². The molecule has 0 saturated carbocycles. The predicted octanol–water partition coefficient (Wildman–Crippen LogP) is 8.23. The fourth-order valence-electron chi connectivity index (χ4n) is 4.46. The van der Waals surface area contributed by atoms with Crippen LogP contribution in [0.15, 0.2) is 114 Å². The first kappa shape index (κ1) is 17.6. The molecule has 6 aromatic carbocycles. The van der Waals surface area contributed by atoms with Crippen molar-refractivity contribution in [1.29, 1.82) is 0 Å². The predicted molar refractivity (Wildman–Crippen MR) is 128 cm³/mol. The van der Waals surface area contributed by atoms with Gasteiger partial charge in [0.15, 0.2) is 0 Å². The smallest absolute Gasteiger partial charge is 0.253 e. The summed E-state index contributed by atoms with van der Waals surface area (Å²) in [5.41, 5.74) is 1.22. The van der Waals surface area contributed by atoms with Crippen LogP contribution < -0.4 is 0 Å². The monoisotopic (exact) mass is 398 g/mol. The minimum Gasteiger partial charge on any atom is -0.594 e. The maximum Gasteiger partial charge on any atom is 0.253 e. The van der Waals surface area contributed by atoms with E-state index in [1.807, 2.05) is 78.9 Å². The molecule has 0 aliphatic rings. The third kappa shape index (κ3) is 2.82. The Labute approximate surface area is 179 Å². The van der Waals surface area contributed by atoms with E-state index in [-0.39, 0.29) is 0 Å². The molecule has 0 aliphatic carbocycles. The lowest BCUT2D eigenvalue weighted by Gasteiger charge is -2.09. The summed E-state index contributed by atoms with van der Waals surface area (Å²) >= 11 is 0. The van der Waals surface area contributed by atoms with Crippen LogP contribution in [0.25, 0.3) is 43.1 Å². The standard InChI is InChI=1S/C28H18N2O/c31-30(28-18-20-10-2-4-12-22(20)24-14-6-8-16-26(24)28)29-27-17-19-9-1-3-11-21(19)23-13-5-7-15-25(23)27/h1-18H. The Bertz CT molecular complexity index is 1650. The van der Waals surface area contributed by atoms with Crippen molar-refractivity contribution in [1.82, 2.24) is 0 Å². The maximum atomic E-state index is 13.4. The molecule has 31 heavy (non-hydrogen) atoms. The van der Waals surface area contributed by atoms with Gasteiger partial charge in [0.2, 0.25) is 0 Å². The number of azo groups is 1. The maximum absolute atomic E-state index is 13.4. The summed E-state index contributed by atoms with van der Waals surface area (Å²) in [6.45, 7) is 0. The first-order valence-electron chi connectivity index (χ1n) is 10.3. The molecule has 0 saturated heterocycles. The van der Waals surface area contributed by atoms with E-state index in [9.17, 15) is 5.21 Å². The van der Waals surface area contributed by atoms with Gasteiger partial charge in [-0.1, -0.05) is 91.0 Å². The van der Waals surface area contributed by atoms with Crippen LogP contribution in [0.5, 0.6) is 0 Å². The van der Waals surface area contributed by atoms with Gasteiger partial charge in [-0.25, -0.2) is 0 Å². The number of rotatable bonds is 2. The van der Waals surface area contributed by atoms with Gasteiger partial charge in [-0.15, -0.1) is 0 Å². The summed E-state index contributed by atoms with van der Waals surface area (Å²) in [7, 11) is 0. The van der Waals surface area contributed by atoms with Crippen LogP contribution in [0.1, 0.15) is 0 Å². The van der Waals surface area contributed by atoms with Gasteiger partial charge in [-0.05, 0) is 49.3 Å². The quantitative estimate of drug-likeness (QED) is 0.125. The van der Waals surface area contributed by atoms with Gasteiger partial charge in [0.25, 0.3) is 5.69 Å². The normalized spacial score (nSPS) is 12.2. The Hall–Kier alpha value is -4.24. The summed E-state index contributed by atoms with van der Waals surface area (Å²) < 4.78 is 0. The first-order chi connectivity index (χ1) is 15.3. The van der Waals surface area contributed by atoms with Crippen molar-refractivity contribution in [3.63, 3.8) is 0 Å². The molecular formula is C28H18N2O. The molecule has 0 N–H and O–H groups in total. The van der Waals surface area contributed by atoms with E-state index in [0.717, 1.165) is 48.0 Å². The Morgan fingerprint density at radius 3 is 1.58 bits per heavy atom. The van der Waals surface area contributed by atoms with Gasteiger partial charge >= 0.3 is 0 Å². The van der Waals surface area contributed by atoms with E-state index < -0.39 is 0 Å². The second-order valence-corrected chi connectivity index (χ2v) is 7.70. The van der Waals surface area contributed by atoms with Crippen molar-refractivity contribution in [2.75, 3.05) is 0 Å². The zero-order chi connectivity index (χ0) is 20.8. The topological polar surface area (TPSA) is 38.4 Å². The summed E-state index contributed by atoms with van der Waals surface area (Å²) in [5, 5.41) is 26.3. The van der Waals surface area contributed by atoms with Crippen molar-refractivity contribution < 1.29 is 4.86 Å². The molecule has 0 aliphatic heterocycles. The lowest BCUT2D eigenvalue weighted by Crippen LogP contribution is -1.93. The number of fused-ring (bicyclic) bond motifs is 6. The van der Waals surface area contributed by atoms with E-state index in [2.05, 4.69) is 35.4 Å². The minimum absolute atomic E-state index is 0.548. The van der Waals surface area contributed by atoms with Crippen LogP contribution in [0.4, 0.5) is 11.4 Å². The average Bonchev–Trinajstić information content (AvgIpc) is 2.83. The molecule has 6 aromatic rings. The fourth-order valence-corrected chi connectivity index (χ4v) is 4.46. The largest absolute Gasteiger partial charge is 0.594 e. The lowest BCUT2D eigenvalue weighted by molar-refractivity contribution is -0.433. The van der Waals surface area contributed by atoms with Crippen molar-refractivity contribution >= 4 is 54.5 Å². The van der Waals surface area contributed by atoms with Crippen LogP contribution >= 0.6 is 0 Å². The molecule has 0 atom stereocenters. The van der Waals surface area contributed by atoms with Crippen LogP contribution in [-0.4, -0.2) is 4.86 Å². The van der Waals surface area contributed by atoms with Crippen molar-refractivity contribution in [3.05, 3.63) is 114 Å². The molecule has 0 spiro atoms. The molecule has 0 unspecified atom stereocenters. The van der Waals surface area contributed by atoms with Crippen LogP contribution in [-0.2, 0) is 0 Å². The summed E-state index contributed by atoms with van der Waals surface area (Å²) in [5.74, 6) is 0. The van der Waals surface area contributed by atoms with E-state index in [1.165, 1.54) is 0 Å². The number of hydrogen-bond acceptors (Lipinski definition) is 2. The molecule has 0 heterocycles. The zero-order valence-corrected chi connectivity index (χ0v) is 16.7. The van der Waals surface area contributed by atoms with E-state index in [1.54, 1.807) is 0 Å². The van der Waals surface area contributed by atoms with Crippen LogP contribution in [0.2, 0.25) is 0 Å². The lowest BCUT2D eigenvalue weighted by atomic mass is 10.0. The SMILES string of the molecule is [O-][N+](=Nc1cc2ccccc2c2ccccc12)c1cc2ccccc2c2ccccc12. The number of nitrogens with zero attached hydrogens (tertiary/aromatic N) is 2. The van der Waals surface area contributed by atoms with Crippen molar-refractivity contribution in [3.8, 4) is 0 Å². The molecule has 0 amide bonds. The minimum atomic E-state index is 0.548. The summed E-state index contributed by atoms with van der Waals surface area (Å²) in [6.07, 6.45) is 0. The second kappa shape index (κ2) is 6.92. The summed E-state index contributed by atoms with van der Waals surface area (Å²) in [6, 6.07) is 36.4. The Balaban J connectivity index is 1.64. The van der Waals surface area contributed by atoms with E-state index in [0.29, 0.717) is 11.4 Å². The Morgan fingerprint density at radius 1 is 0.484 bits per heavy atom. The van der Waals surface area contributed by atoms with Crippen LogP contribution in [0.3, 0.4) is 0 Å². The third-order valence-corrected chi connectivity index (χ3v) is 5.90. The molecule has 0 fully saturated rings. The number of hydrogen-bond donors (Lipinski definition) is 0. The Morgan fingerprint density at radius 2 is 0.935 bits per heavy atom. The second-order valence-electron chi connectivity index (χ2n) is 7.70. The van der Waals surface area contributed by atoms with Crippen LogP contribution in [0, 0.1) is 5.21 Å². The fraction of sp³-hybridized carbons (Fsp3) is 0. The van der Waals surface area contributed by atoms with Gasteiger partial charge < -0.3 is 5.21 Å². The van der Waals surface area contributed by atoms with Gasteiger partial charge in [-0.2, -0.15) is 0 Å². The molecule has 0 radical (unpaired) electrons. The zero-order valence-electron chi connectivity index (χ0n) is 16.7. The molecule has 3 nitrogen and oxygen atoms in total. The van der Waals surface area contributed by atoms with Crippen molar-refractivity contribution in [2.45, 2.75) is 0 Å². The summed E-state index contributed by atoms with van der Waals surface area (Å²) in [4.78, 5) is 0.769. The highest BCUT2D eigenvalue weighted by Crippen LogP contribution is 2.37. The average molecular weight is 398 g/mol. The highest BCUT2D eigenvalue weighted by molar-refractivity contribution is 6.13. The molecule has 0 aromatic heterocycles. The first-order valence-corrected chi connectivity index (χ1v) is 10.3. The molecule has 146 valence electrons. The van der Waals surface area contributed by atoms with E-state index in [4.69, 9.17) is 0 Å². The van der Waals surface area contributed by atoms with Gasteiger partial charge in [0.05, 0.1) is 5.39 Å². The molecular weight excluding hydrogens is 380 g/mol. The molecule has 6 rings (SSSR count).